The van der Waals surface area contributed by atoms with Gasteiger partial charge >= 0.3 is 6.09 Å². The van der Waals surface area contributed by atoms with E-state index in [0.717, 1.165) is 11.1 Å². The van der Waals surface area contributed by atoms with Crippen molar-refractivity contribution in [2.45, 2.75) is 0 Å². The summed E-state index contributed by atoms with van der Waals surface area (Å²) in [4.78, 5) is 10.8. The summed E-state index contributed by atoms with van der Waals surface area (Å²) in [6, 6.07) is 3.51. The first-order valence-electron chi connectivity index (χ1n) is 5.60. The van der Waals surface area contributed by atoms with E-state index in [-0.39, 0.29) is 0 Å². The Morgan fingerprint density at radius 3 is 2.84 bits per heavy atom. The monoisotopic (exact) mass is 257 g/mol. The molecule has 3 aromatic heterocycles. The van der Waals surface area contributed by atoms with Gasteiger partial charge in [-0.25, -0.2) is 9.31 Å². The summed E-state index contributed by atoms with van der Waals surface area (Å²) in [7, 11) is 1.83. The number of carboxylic acid groups (broad SMARTS) is 1. The van der Waals surface area contributed by atoms with Gasteiger partial charge in [0, 0.05) is 30.6 Å². The predicted octanol–water partition coefficient (Wildman–Crippen LogP) is 1.82. The van der Waals surface area contributed by atoms with Crippen molar-refractivity contribution in [1.29, 1.82) is 0 Å². The summed E-state index contributed by atoms with van der Waals surface area (Å²) in [5, 5.41) is 19.5. The van der Waals surface area contributed by atoms with Crippen LogP contribution >= 0.6 is 0 Å². The maximum absolute atomic E-state index is 10.8. The smallest absolute Gasteiger partial charge is 0.409 e. The van der Waals surface area contributed by atoms with Gasteiger partial charge in [0.1, 0.15) is 0 Å². The van der Waals surface area contributed by atoms with E-state index in [1.165, 1.54) is 0 Å². The van der Waals surface area contributed by atoms with Gasteiger partial charge in [-0.2, -0.15) is 10.2 Å². The van der Waals surface area contributed by atoms with Crippen molar-refractivity contribution in [3.8, 4) is 11.1 Å². The lowest BCUT2D eigenvalue weighted by Crippen LogP contribution is -2.08. The minimum Gasteiger partial charge on any atom is -0.465 e. The quantitative estimate of drug-likeness (QED) is 0.733. The number of carbonyl (C=O) groups is 1. The number of anilines is 1. The molecule has 0 fully saturated rings. The van der Waals surface area contributed by atoms with E-state index in [9.17, 15) is 4.79 Å². The summed E-state index contributed by atoms with van der Waals surface area (Å²) < 4.78 is 3.32. The summed E-state index contributed by atoms with van der Waals surface area (Å²) in [5.41, 5.74) is 2.93. The summed E-state index contributed by atoms with van der Waals surface area (Å²) >= 11 is 0. The van der Waals surface area contributed by atoms with E-state index in [1.807, 2.05) is 19.4 Å². The second kappa shape index (κ2) is 4.13. The number of rotatable bonds is 2. The highest BCUT2D eigenvalue weighted by Gasteiger charge is 2.09. The van der Waals surface area contributed by atoms with Gasteiger partial charge < -0.3 is 5.11 Å². The number of amides is 1. The molecule has 0 saturated heterocycles. The molecule has 1 amide bonds. The zero-order valence-corrected chi connectivity index (χ0v) is 10.1. The first kappa shape index (κ1) is 11.3. The van der Waals surface area contributed by atoms with Crippen molar-refractivity contribution in [2.75, 3.05) is 5.32 Å². The Bertz CT molecular complexity index is 758. The van der Waals surface area contributed by atoms with E-state index in [2.05, 4.69) is 15.5 Å². The lowest BCUT2D eigenvalue weighted by atomic mass is 10.1. The molecule has 0 atom stereocenters. The van der Waals surface area contributed by atoms with Crippen molar-refractivity contribution in [3.63, 3.8) is 0 Å². The third-order valence-corrected chi connectivity index (χ3v) is 2.79. The lowest BCUT2D eigenvalue weighted by molar-refractivity contribution is 0.210. The number of aryl methyl sites for hydroxylation is 1. The first-order chi connectivity index (χ1) is 9.13. The molecule has 0 saturated carbocycles. The van der Waals surface area contributed by atoms with Crippen LogP contribution in [0.2, 0.25) is 0 Å². The van der Waals surface area contributed by atoms with E-state index in [0.29, 0.717) is 11.2 Å². The Hall–Kier alpha value is -2.83. The van der Waals surface area contributed by atoms with Crippen molar-refractivity contribution >= 4 is 17.3 Å². The second-order valence-electron chi connectivity index (χ2n) is 4.14. The van der Waals surface area contributed by atoms with Crippen molar-refractivity contribution in [1.82, 2.24) is 19.4 Å². The number of nitrogens with one attached hydrogen (secondary N) is 1. The molecule has 96 valence electrons. The predicted molar refractivity (Wildman–Crippen MR) is 69.0 cm³/mol. The number of hydrogen-bond donors (Lipinski definition) is 2. The molecular weight excluding hydrogens is 246 g/mol. The molecule has 7 nitrogen and oxygen atoms in total. The van der Waals surface area contributed by atoms with Gasteiger partial charge in [0.15, 0.2) is 0 Å². The molecule has 0 radical (unpaired) electrons. The molecule has 3 rings (SSSR count). The Kier molecular flexibility index (Phi) is 2.45. The second-order valence-corrected chi connectivity index (χ2v) is 4.14. The van der Waals surface area contributed by atoms with E-state index < -0.39 is 6.09 Å². The topological polar surface area (TPSA) is 84.5 Å². The molecule has 3 aromatic rings. The fourth-order valence-corrected chi connectivity index (χ4v) is 1.97. The fraction of sp³-hybridized carbons (Fsp3) is 0.0833. The molecule has 19 heavy (non-hydrogen) atoms. The van der Waals surface area contributed by atoms with Crippen LogP contribution in [0.4, 0.5) is 10.5 Å². The van der Waals surface area contributed by atoms with Gasteiger partial charge in [-0.15, -0.1) is 0 Å². The summed E-state index contributed by atoms with van der Waals surface area (Å²) in [6.07, 6.45) is 5.92. The highest BCUT2D eigenvalue weighted by atomic mass is 16.4. The minimum absolute atomic E-state index is 0.492. The first-order valence-corrected chi connectivity index (χ1v) is 5.60. The Balaban J connectivity index is 2.18. The summed E-state index contributed by atoms with van der Waals surface area (Å²) in [5.74, 6) is 0. The van der Waals surface area contributed by atoms with Crippen LogP contribution < -0.4 is 5.32 Å². The molecule has 0 aliphatic carbocycles. The van der Waals surface area contributed by atoms with Gasteiger partial charge in [0.2, 0.25) is 0 Å². The number of hydrogen-bond acceptors (Lipinski definition) is 3. The zero-order valence-electron chi connectivity index (χ0n) is 10.1. The Morgan fingerprint density at radius 1 is 1.32 bits per heavy atom. The molecule has 0 aliphatic rings. The fourth-order valence-electron chi connectivity index (χ4n) is 1.97. The number of aromatic nitrogens is 4. The van der Waals surface area contributed by atoms with Gasteiger partial charge in [0.25, 0.3) is 0 Å². The van der Waals surface area contributed by atoms with E-state index in [4.69, 9.17) is 5.11 Å². The van der Waals surface area contributed by atoms with E-state index in [1.54, 1.807) is 33.7 Å². The molecule has 0 bridgehead atoms. The molecular formula is C12H11N5O2. The highest BCUT2D eigenvalue weighted by molar-refractivity contribution is 5.91. The zero-order chi connectivity index (χ0) is 13.4. The molecule has 3 heterocycles. The van der Waals surface area contributed by atoms with E-state index >= 15 is 0 Å². The minimum atomic E-state index is -1.11. The molecule has 2 N–H and O–H groups in total. The largest absolute Gasteiger partial charge is 0.465 e. The average molecular weight is 257 g/mol. The van der Waals surface area contributed by atoms with Gasteiger partial charge in [-0.1, -0.05) is 0 Å². The summed E-state index contributed by atoms with van der Waals surface area (Å²) in [6.45, 7) is 0. The van der Waals surface area contributed by atoms with Crippen LogP contribution in [0.5, 0.6) is 0 Å². The molecule has 0 unspecified atom stereocenters. The standard InChI is InChI=1S/C12H11N5O2/c1-16-6-9(5-14-16)8-4-10(15-12(18)19)11-2-3-13-17(11)7-8/h2-7,15H,1H3,(H,18,19). The number of fused-ring (bicyclic) bond motifs is 1. The van der Waals surface area contributed by atoms with Crippen LogP contribution in [0.1, 0.15) is 0 Å². The van der Waals surface area contributed by atoms with Crippen LogP contribution in [0.15, 0.2) is 36.9 Å². The third kappa shape index (κ3) is 2.01. The number of pyridine rings is 1. The van der Waals surface area contributed by atoms with Gasteiger partial charge in [-0.3, -0.25) is 10.00 Å². The lowest BCUT2D eigenvalue weighted by Gasteiger charge is -2.06. The van der Waals surface area contributed by atoms with Crippen LogP contribution in [0.3, 0.4) is 0 Å². The maximum Gasteiger partial charge on any atom is 0.409 e. The van der Waals surface area contributed by atoms with Crippen molar-refractivity contribution in [3.05, 3.63) is 36.9 Å². The van der Waals surface area contributed by atoms with Crippen molar-refractivity contribution < 1.29 is 9.90 Å². The Labute approximate surface area is 108 Å². The highest BCUT2D eigenvalue weighted by Crippen LogP contribution is 2.25. The van der Waals surface area contributed by atoms with Crippen LogP contribution in [0, 0.1) is 0 Å². The average Bonchev–Trinajstić information content (AvgIpc) is 2.96. The molecule has 0 aromatic carbocycles. The third-order valence-electron chi connectivity index (χ3n) is 2.79. The van der Waals surface area contributed by atoms with Crippen LogP contribution in [0.25, 0.3) is 16.6 Å². The van der Waals surface area contributed by atoms with Crippen LogP contribution in [-0.4, -0.2) is 30.6 Å². The number of nitrogens with zero attached hydrogens (tertiary/aromatic N) is 4. The molecule has 7 heteroatoms. The van der Waals surface area contributed by atoms with Crippen molar-refractivity contribution in [2.24, 2.45) is 7.05 Å². The molecule has 0 spiro atoms. The SMILES string of the molecule is Cn1cc(-c2cc(NC(=O)O)c3ccnn3c2)cn1. The maximum atomic E-state index is 10.8. The van der Waals surface area contributed by atoms with Gasteiger partial charge in [-0.05, 0) is 12.1 Å². The van der Waals surface area contributed by atoms with Gasteiger partial charge in [0.05, 0.1) is 23.6 Å². The molecule has 0 aliphatic heterocycles. The normalized spacial score (nSPS) is 10.8. The van der Waals surface area contributed by atoms with Crippen LogP contribution in [-0.2, 0) is 7.05 Å². The Morgan fingerprint density at radius 2 is 2.16 bits per heavy atom.